The van der Waals surface area contributed by atoms with Gasteiger partial charge in [-0.15, -0.1) is 11.3 Å². The molecule has 0 aliphatic carbocycles. The van der Waals surface area contributed by atoms with Crippen LogP contribution in [-0.4, -0.2) is 5.11 Å². The van der Waals surface area contributed by atoms with Crippen molar-refractivity contribution in [2.75, 3.05) is 0 Å². The van der Waals surface area contributed by atoms with Crippen molar-refractivity contribution in [1.29, 1.82) is 0 Å². The first kappa shape index (κ1) is 15.1. The van der Waals surface area contributed by atoms with Gasteiger partial charge in [-0.25, -0.2) is 0 Å². The molecule has 2 rings (SSSR count). The monoisotopic (exact) mass is 289 g/mol. The van der Waals surface area contributed by atoms with Crippen molar-refractivity contribution < 1.29 is 5.11 Å². The molecule has 0 spiro atoms. The molecule has 3 heteroatoms. The highest BCUT2D eigenvalue weighted by atomic mass is 32.1. The Morgan fingerprint density at radius 3 is 2.35 bits per heavy atom. The summed E-state index contributed by atoms with van der Waals surface area (Å²) < 4.78 is 0. The average Bonchev–Trinajstić information content (AvgIpc) is 2.89. The highest BCUT2D eigenvalue weighted by molar-refractivity contribution is 7.10. The molecule has 1 heterocycles. The fourth-order valence-corrected chi connectivity index (χ4v) is 3.48. The Morgan fingerprint density at radius 1 is 1.20 bits per heavy atom. The number of phenolic OH excluding ortho intramolecular Hbond substituents is 1. The van der Waals surface area contributed by atoms with E-state index in [2.05, 4.69) is 48.8 Å². The largest absolute Gasteiger partial charge is 0.507 e. The second-order valence-corrected chi connectivity index (χ2v) is 6.68. The zero-order valence-electron chi connectivity index (χ0n) is 12.6. The van der Waals surface area contributed by atoms with Gasteiger partial charge >= 0.3 is 0 Å². The molecule has 1 unspecified atom stereocenters. The van der Waals surface area contributed by atoms with Crippen LogP contribution in [0, 0.1) is 19.8 Å². The third-order valence-corrected chi connectivity index (χ3v) is 4.55. The smallest absolute Gasteiger partial charge is 0.121 e. The summed E-state index contributed by atoms with van der Waals surface area (Å²) in [6.45, 7) is 9.20. The van der Waals surface area contributed by atoms with Gasteiger partial charge in [-0.2, -0.15) is 0 Å². The van der Waals surface area contributed by atoms with Crippen LogP contribution in [0.5, 0.6) is 5.75 Å². The van der Waals surface area contributed by atoms with E-state index in [1.54, 1.807) is 11.3 Å². The van der Waals surface area contributed by atoms with Gasteiger partial charge in [-0.05, 0) is 47.9 Å². The Bertz CT molecular complexity index is 537. The van der Waals surface area contributed by atoms with Gasteiger partial charge in [0.15, 0.2) is 0 Å². The number of aromatic hydroxyl groups is 1. The van der Waals surface area contributed by atoms with Gasteiger partial charge in [0, 0.05) is 17.5 Å². The predicted octanol–water partition coefficient (Wildman–Crippen LogP) is 4.56. The van der Waals surface area contributed by atoms with Crippen molar-refractivity contribution in [2.24, 2.45) is 5.92 Å². The highest BCUT2D eigenvalue weighted by Crippen LogP contribution is 2.27. The lowest BCUT2D eigenvalue weighted by Gasteiger charge is -2.21. The molecule has 108 valence electrons. The van der Waals surface area contributed by atoms with Gasteiger partial charge in [0.05, 0.1) is 0 Å². The van der Waals surface area contributed by atoms with Crippen molar-refractivity contribution in [3.63, 3.8) is 0 Å². The number of hydrogen-bond donors (Lipinski definition) is 2. The summed E-state index contributed by atoms with van der Waals surface area (Å²) in [4.78, 5) is 1.38. The molecule has 1 aromatic heterocycles. The quantitative estimate of drug-likeness (QED) is 0.846. The molecule has 0 fully saturated rings. The lowest BCUT2D eigenvalue weighted by molar-refractivity contribution is 0.416. The number of thiophene rings is 1. The van der Waals surface area contributed by atoms with Crippen LogP contribution in [0.2, 0.25) is 0 Å². The molecular weight excluding hydrogens is 266 g/mol. The molecule has 2 N–H and O–H groups in total. The summed E-state index contributed by atoms with van der Waals surface area (Å²) in [5.74, 6) is 0.959. The first-order chi connectivity index (χ1) is 9.49. The minimum absolute atomic E-state index is 0.379. The number of rotatable bonds is 5. The average molecular weight is 289 g/mol. The molecule has 0 aliphatic rings. The van der Waals surface area contributed by atoms with Crippen LogP contribution in [0.3, 0.4) is 0 Å². The van der Waals surface area contributed by atoms with Crippen LogP contribution < -0.4 is 5.32 Å². The van der Waals surface area contributed by atoms with Gasteiger partial charge in [-0.3, -0.25) is 0 Å². The molecule has 2 aromatic rings. The van der Waals surface area contributed by atoms with Crippen LogP contribution in [0.25, 0.3) is 0 Å². The summed E-state index contributed by atoms with van der Waals surface area (Å²) in [5.41, 5.74) is 3.11. The fraction of sp³-hybridized carbons (Fsp3) is 0.412. The zero-order valence-corrected chi connectivity index (χ0v) is 13.4. The Kier molecular flexibility index (Phi) is 4.84. The summed E-state index contributed by atoms with van der Waals surface area (Å²) >= 11 is 1.80. The fourth-order valence-electron chi connectivity index (χ4n) is 2.51. The predicted molar refractivity (Wildman–Crippen MR) is 86.3 cm³/mol. The van der Waals surface area contributed by atoms with Crippen LogP contribution in [-0.2, 0) is 6.54 Å². The summed E-state index contributed by atoms with van der Waals surface area (Å²) in [7, 11) is 0. The normalized spacial score (nSPS) is 12.8. The van der Waals surface area contributed by atoms with Gasteiger partial charge in [0.1, 0.15) is 5.75 Å². The maximum atomic E-state index is 9.83. The Hall–Kier alpha value is -1.32. The molecule has 0 saturated carbocycles. The van der Waals surface area contributed by atoms with Crippen LogP contribution in [0.1, 0.15) is 41.5 Å². The standard InChI is InChI=1S/C17H23NOS/c1-11(2)16(15-6-5-7-20-15)18-10-14-8-12(3)17(19)13(4)9-14/h5-9,11,16,18-19H,10H2,1-4H3. The Labute approximate surface area is 125 Å². The highest BCUT2D eigenvalue weighted by Gasteiger charge is 2.16. The number of benzene rings is 1. The molecule has 1 aromatic carbocycles. The third kappa shape index (κ3) is 3.41. The zero-order chi connectivity index (χ0) is 14.7. The van der Waals surface area contributed by atoms with Crippen LogP contribution in [0.4, 0.5) is 0 Å². The van der Waals surface area contributed by atoms with Gasteiger partial charge in [0.25, 0.3) is 0 Å². The van der Waals surface area contributed by atoms with E-state index in [0.717, 1.165) is 17.7 Å². The summed E-state index contributed by atoms with van der Waals surface area (Å²) in [6, 6.07) is 8.79. The van der Waals surface area contributed by atoms with Gasteiger partial charge in [-0.1, -0.05) is 32.0 Å². The van der Waals surface area contributed by atoms with Gasteiger partial charge < -0.3 is 10.4 Å². The summed E-state index contributed by atoms with van der Waals surface area (Å²) in [6.07, 6.45) is 0. The molecule has 2 nitrogen and oxygen atoms in total. The van der Waals surface area contributed by atoms with E-state index in [0.29, 0.717) is 17.7 Å². The maximum absolute atomic E-state index is 9.83. The first-order valence-corrected chi connectivity index (χ1v) is 7.93. The van der Waals surface area contributed by atoms with Crippen molar-refractivity contribution in [3.05, 3.63) is 51.2 Å². The van der Waals surface area contributed by atoms with E-state index in [1.807, 2.05) is 13.8 Å². The molecule has 0 radical (unpaired) electrons. The van der Waals surface area contributed by atoms with Crippen molar-refractivity contribution in [1.82, 2.24) is 5.32 Å². The van der Waals surface area contributed by atoms with E-state index in [1.165, 1.54) is 10.4 Å². The Morgan fingerprint density at radius 2 is 1.85 bits per heavy atom. The molecule has 0 aliphatic heterocycles. The van der Waals surface area contributed by atoms with Crippen molar-refractivity contribution >= 4 is 11.3 Å². The number of hydrogen-bond acceptors (Lipinski definition) is 3. The summed E-state index contributed by atoms with van der Waals surface area (Å²) in [5, 5.41) is 15.6. The SMILES string of the molecule is Cc1cc(CNC(c2cccs2)C(C)C)cc(C)c1O. The van der Waals surface area contributed by atoms with Crippen molar-refractivity contribution in [3.8, 4) is 5.75 Å². The van der Waals surface area contributed by atoms with Crippen LogP contribution >= 0.6 is 11.3 Å². The minimum Gasteiger partial charge on any atom is -0.507 e. The van der Waals surface area contributed by atoms with E-state index in [-0.39, 0.29) is 0 Å². The topological polar surface area (TPSA) is 32.3 Å². The Balaban J connectivity index is 2.10. The van der Waals surface area contributed by atoms with Crippen molar-refractivity contribution in [2.45, 2.75) is 40.3 Å². The lowest BCUT2D eigenvalue weighted by Crippen LogP contribution is -2.24. The van der Waals surface area contributed by atoms with Crippen LogP contribution in [0.15, 0.2) is 29.6 Å². The molecule has 1 atom stereocenters. The second kappa shape index (κ2) is 6.42. The number of phenols is 1. The molecule has 0 bridgehead atoms. The first-order valence-electron chi connectivity index (χ1n) is 7.05. The van der Waals surface area contributed by atoms with E-state index < -0.39 is 0 Å². The molecule has 0 saturated heterocycles. The third-order valence-electron chi connectivity index (χ3n) is 3.59. The minimum atomic E-state index is 0.379. The maximum Gasteiger partial charge on any atom is 0.121 e. The molecular formula is C17H23NOS. The number of nitrogens with one attached hydrogen (secondary N) is 1. The molecule has 0 amide bonds. The lowest BCUT2D eigenvalue weighted by atomic mass is 10.0. The van der Waals surface area contributed by atoms with Gasteiger partial charge in [0.2, 0.25) is 0 Å². The van der Waals surface area contributed by atoms with E-state index in [4.69, 9.17) is 0 Å². The van der Waals surface area contributed by atoms with E-state index >= 15 is 0 Å². The number of aryl methyl sites for hydroxylation is 2. The second-order valence-electron chi connectivity index (χ2n) is 5.70. The molecule has 20 heavy (non-hydrogen) atoms. The van der Waals surface area contributed by atoms with E-state index in [9.17, 15) is 5.11 Å².